The van der Waals surface area contributed by atoms with Crippen molar-refractivity contribution in [1.82, 2.24) is 5.32 Å². The van der Waals surface area contributed by atoms with Crippen LogP contribution in [0.3, 0.4) is 0 Å². The van der Waals surface area contributed by atoms with E-state index in [1.165, 1.54) is 0 Å². The number of hydrogen-bond acceptors (Lipinski definition) is 8. The van der Waals surface area contributed by atoms with Gasteiger partial charge in [0.15, 0.2) is 6.10 Å². The molecule has 4 unspecified atom stereocenters. The molecule has 9 nitrogen and oxygen atoms in total. The number of benzene rings is 1. The van der Waals surface area contributed by atoms with E-state index in [1.54, 1.807) is 31.3 Å². The number of nitrogens with one attached hydrogen (secondary N) is 1. The maximum atomic E-state index is 11.2. The average molecular weight is 399 g/mol. The molecule has 0 saturated carbocycles. The highest BCUT2D eigenvalue weighted by molar-refractivity contribution is 5.73. The molecule has 0 aromatic heterocycles. The quantitative estimate of drug-likeness (QED) is 0.337. The number of carbonyl (C=O) groups is 1. The van der Waals surface area contributed by atoms with Crippen molar-refractivity contribution in [2.24, 2.45) is 5.92 Å². The van der Waals surface area contributed by atoms with Crippen LogP contribution >= 0.6 is 0 Å². The fourth-order valence-corrected chi connectivity index (χ4v) is 3.43. The fourth-order valence-electron chi connectivity index (χ4n) is 3.43. The lowest BCUT2D eigenvalue weighted by atomic mass is 9.80. The summed E-state index contributed by atoms with van der Waals surface area (Å²) in [5, 5.41) is 53.0. The van der Waals surface area contributed by atoms with E-state index in [9.17, 15) is 25.2 Å². The van der Waals surface area contributed by atoms with Gasteiger partial charge in [0.1, 0.15) is 24.1 Å². The molecule has 1 heterocycles. The van der Waals surface area contributed by atoms with E-state index in [0.717, 1.165) is 0 Å². The third-order valence-electron chi connectivity index (χ3n) is 5.26. The normalized spacial score (nSPS) is 31.0. The highest BCUT2D eigenvalue weighted by atomic mass is 16.7. The Bertz CT molecular complexity index is 671. The minimum absolute atomic E-state index is 0.109. The molecule has 0 amide bonds. The first-order valence-electron chi connectivity index (χ1n) is 9.22. The third kappa shape index (κ3) is 4.45. The van der Waals surface area contributed by atoms with E-state index in [0.29, 0.717) is 18.5 Å². The Morgan fingerprint density at radius 3 is 2.54 bits per heavy atom. The first kappa shape index (κ1) is 22.5. The maximum Gasteiger partial charge on any atom is 0.335 e. The molecule has 9 heteroatoms. The van der Waals surface area contributed by atoms with Crippen molar-refractivity contribution in [3.8, 4) is 5.75 Å². The van der Waals surface area contributed by atoms with Crippen molar-refractivity contribution < 1.29 is 39.8 Å². The minimum atomic E-state index is -1.79. The van der Waals surface area contributed by atoms with Gasteiger partial charge in [-0.2, -0.15) is 0 Å². The molecule has 0 aliphatic carbocycles. The van der Waals surface area contributed by atoms with Crippen LogP contribution in [0.4, 0.5) is 0 Å². The zero-order chi connectivity index (χ0) is 21.1. The lowest BCUT2D eigenvalue weighted by molar-refractivity contribution is -0.271. The number of hydrogen-bond donors (Lipinski definition) is 6. The lowest BCUT2D eigenvalue weighted by Crippen LogP contribution is -2.61. The number of aliphatic carboxylic acids is 1. The van der Waals surface area contributed by atoms with Gasteiger partial charge in [-0.15, -0.1) is 0 Å². The van der Waals surface area contributed by atoms with E-state index < -0.39 is 42.3 Å². The highest BCUT2D eigenvalue weighted by Gasteiger charge is 2.48. The van der Waals surface area contributed by atoms with Crippen LogP contribution in [0.2, 0.25) is 0 Å². The summed E-state index contributed by atoms with van der Waals surface area (Å²) >= 11 is 0. The standard InChI is InChI=1S/C19H29NO8/c1-4-19(26,10(2)9-20-3)11-6-5-7-12(8-11)27-18-15(23)13(21)14(22)16(28-18)17(24)25/h5-8,10,13-16,18,20-23,26H,4,9H2,1-3H3,(H,24,25)/t10?,13-,14+,15?,16?,18+,19?/m0/s1. The van der Waals surface area contributed by atoms with Crippen LogP contribution in [0.15, 0.2) is 24.3 Å². The van der Waals surface area contributed by atoms with Gasteiger partial charge in [-0.1, -0.05) is 26.0 Å². The van der Waals surface area contributed by atoms with Crippen molar-refractivity contribution in [3.63, 3.8) is 0 Å². The molecule has 2 rings (SSSR count). The SMILES string of the molecule is CCC(O)(c1cccc(O[C@@H]2OC(C(=O)O)[C@H](O)[C@H](O)C2O)c1)C(C)CNC. The molecule has 0 bridgehead atoms. The summed E-state index contributed by atoms with van der Waals surface area (Å²) in [6.07, 6.45) is -7.97. The molecule has 1 aromatic carbocycles. The molecular formula is C19H29NO8. The minimum Gasteiger partial charge on any atom is -0.479 e. The topological polar surface area (TPSA) is 149 Å². The number of aliphatic hydroxyl groups is 4. The molecule has 1 saturated heterocycles. The molecule has 0 radical (unpaired) electrons. The number of carboxylic acids is 1. The molecule has 7 atom stereocenters. The van der Waals surface area contributed by atoms with Gasteiger partial charge in [0.05, 0.1) is 5.60 Å². The predicted molar refractivity (Wildman–Crippen MR) is 98.7 cm³/mol. The van der Waals surface area contributed by atoms with Crippen LogP contribution in [-0.2, 0) is 15.1 Å². The summed E-state index contributed by atoms with van der Waals surface area (Å²) in [5.74, 6) is -1.37. The molecule has 28 heavy (non-hydrogen) atoms. The van der Waals surface area contributed by atoms with E-state index in [2.05, 4.69) is 5.32 Å². The van der Waals surface area contributed by atoms with Crippen molar-refractivity contribution in [2.45, 2.75) is 56.6 Å². The van der Waals surface area contributed by atoms with Crippen molar-refractivity contribution in [1.29, 1.82) is 0 Å². The lowest BCUT2D eigenvalue weighted by Gasteiger charge is -2.38. The Labute approximate surface area is 163 Å². The Kier molecular flexibility index (Phi) is 7.38. The van der Waals surface area contributed by atoms with Crippen LogP contribution in [0.5, 0.6) is 5.75 Å². The van der Waals surface area contributed by atoms with E-state index in [1.807, 2.05) is 13.8 Å². The van der Waals surface area contributed by atoms with Gasteiger partial charge in [-0.05, 0) is 31.2 Å². The Hall–Kier alpha value is -1.75. The van der Waals surface area contributed by atoms with Crippen molar-refractivity contribution >= 4 is 5.97 Å². The smallest absolute Gasteiger partial charge is 0.335 e. The van der Waals surface area contributed by atoms with Crippen molar-refractivity contribution in [3.05, 3.63) is 29.8 Å². The monoisotopic (exact) mass is 399 g/mol. The van der Waals surface area contributed by atoms with Gasteiger partial charge in [-0.25, -0.2) is 4.79 Å². The van der Waals surface area contributed by atoms with Gasteiger partial charge in [0, 0.05) is 12.5 Å². The van der Waals surface area contributed by atoms with Crippen LogP contribution < -0.4 is 10.1 Å². The summed E-state index contributed by atoms with van der Waals surface area (Å²) in [4.78, 5) is 11.2. The average Bonchev–Trinajstić information content (AvgIpc) is 2.67. The van der Waals surface area contributed by atoms with Crippen molar-refractivity contribution in [2.75, 3.05) is 13.6 Å². The largest absolute Gasteiger partial charge is 0.479 e. The number of ether oxygens (including phenoxy) is 2. The van der Waals surface area contributed by atoms with Gasteiger partial charge < -0.3 is 40.3 Å². The van der Waals surface area contributed by atoms with E-state index in [4.69, 9.17) is 14.6 Å². The van der Waals surface area contributed by atoms with Gasteiger partial charge in [0.25, 0.3) is 0 Å². The van der Waals surface area contributed by atoms with Crippen LogP contribution in [0.1, 0.15) is 25.8 Å². The second-order valence-electron chi connectivity index (χ2n) is 7.12. The number of rotatable bonds is 8. The summed E-state index contributed by atoms with van der Waals surface area (Å²) in [6, 6.07) is 6.55. The van der Waals surface area contributed by atoms with Gasteiger partial charge in [0.2, 0.25) is 6.29 Å². The Morgan fingerprint density at radius 2 is 1.96 bits per heavy atom. The van der Waals surface area contributed by atoms with Crippen LogP contribution in [-0.4, -0.2) is 75.8 Å². The zero-order valence-corrected chi connectivity index (χ0v) is 16.1. The number of aliphatic hydroxyl groups excluding tert-OH is 3. The molecule has 0 spiro atoms. The molecular weight excluding hydrogens is 370 g/mol. The van der Waals surface area contributed by atoms with Crippen LogP contribution in [0, 0.1) is 5.92 Å². The molecule has 6 N–H and O–H groups in total. The molecule has 1 aliphatic rings. The second-order valence-corrected chi connectivity index (χ2v) is 7.12. The number of carboxylic acid groups (broad SMARTS) is 1. The second kappa shape index (κ2) is 9.17. The Balaban J connectivity index is 2.25. The summed E-state index contributed by atoms with van der Waals surface area (Å²) in [5.41, 5.74) is -0.538. The fraction of sp³-hybridized carbons (Fsp3) is 0.632. The summed E-state index contributed by atoms with van der Waals surface area (Å²) in [7, 11) is 1.80. The molecule has 158 valence electrons. The van der Waals surface area contributed by atoms with Gasteiger partial charge in [-0.3, -0.25) is 0 Å². The van der Waals surface area contributed by atoms with Gasteiger partial charge >= 0.3 is 5.97 Å². The van der Waals surface area contributed by atoms with Crippen LogP contribution in [0.25, 0.3) is 0 Å². The predicted octanol–water partition coefficient (Wildman–Crippen LogP) is -0.589. The summed E-state index contributed by atoms with van der Waals surface area (Å²) < 4.78 is 10.7. The Morgan fingerprint density at radius 1 is 1.29 bits per heavy atom. The van der Waals surface area contributed by atoms with E-state index in [-0.39, 0.29) is 11.7 Å². The third-order valence-corrected chi connectivity index (χ3v) is 5.26. The zero-order valence-electron chi connectivity index (χ0n) is 16.1. The molecule has 1 aromatic rings. The van der Waals surface area contributed by atoms with E-state index >= 15 is 0 Å². The maximum absolute atomic E-state index is 11.2. The highest BCUT2D eigenvalue weighted by Crippen LogP contribution is 2.35. The summed E-state index contributed by atoms with van der Waals surface area (Å²) in [6.45, 7) is 4.36. The molecule has 1 fully saturated rings. The first-order valence-corrected chi connectivity index (χ1v) is 9.22. The first-order chi connectivity index (χ1) is 13.2. The molecule has 1 aliphatic heterocycles.